The van der Waals surface area contributed by atoms with Gasteiger partial charge in [0.05, 0.1) is 18.2 Å². The van der Waals surface area contributed by atoms with Gasteiger partial charge >= 0.3 is 5.91 Å². The molecule has 2 aliphatic heterocycles. The first-order valence-corrected chi connectivity index (χ1v) is 18.2. The number of benzene rings is 4. The monoisotopic (exact) mass is 725 g/mol. The van der Waals surface area contributed by atoms with E-state index in [1.807, 2.05) is 68.4 Å². The molecule has 254 valence electrons. The summed E-state index contributed by atoms with van der Waals surface area (Å²) in [7, 11) is 0. The van der Waals surface area contributed by atoms with E-state index in [2.05, 4.69) is 10.2 Å². The van der Waals surface area contributed by atoms with Crippen LogP contribution in [0.15, 0.2) is 101 Å². The molecule has 1 amide bonds. The lowest BCUT2D eigenvalue weighted by Gasteiger charge is -2.24. The molecule has 0 aliphatic carbocycles. The molecular formula is C38H32ClN3O6S2. The number of thioether (sulfide) groups is 1. The number of Topliss-reactive ketones (excluding diaryl/α,β-unsaturated/α-hetero) is 1. The van der Waals surface area contributed by atoms with Crippen molar-refractivity contribution in [2.24, 2.45) is 0 Å². The average molecular weight is 726 g/mol. The highest BCUT2D eigenvalue weighted by Gasteiger charge is 2.48. The minimum atomic E-state index is -1.03. The third-order valence-corrected chi connectivity index (χ3v) is 10.7. The van der Waals surface area contributed by atoms with Crippen LogP contribution in [-0.2, 0) is 28.4 Å². The number of carbonyl (C=O) groups is 2. The van der Waals surface area contributed by atoms with E-state index in [0.717, 1.165) is 22.4 Å². The van der Waals surface area contributed by atoms with Gasteiger partial charge in [0.15, 0.2) is 15.8 Å². The number of hydrogen-bond donors (Lipinski definition) is 1. The first kappa shape index (κ1) is 33.6. The Balaban J connectivity index is 1.27. The van der Waals surface area contributed by atoms with E-state index in [9.17, 15) is 14.7 Å². The van der Waals surface area contributed by atoms with Gasteiger partial charge in [0.2, 0.25) is 5.13 Å². The predicted octanol–water partition coefficient (Wildman–Crippen LogP) is 8.41. The van der Waals surface area contributed by atoms with E-state index >= 15 is 0 Å². The molecule has 9 nitrogen and oxygen atoms in total. The largest absolute Gasteiger partial charge is 0.507 e. The summed E-state index contributed by atoms with van der Waals surface area (Å²) in [5.74, 6) is 0.343. The number of ketones is 1. The van der Waals surface area contributed by atoms with E-state index in [1.54, 1.807) is 36.4 Å². The highest BCUT2D eigenvalue weighted by atomic mass is 35.5. The Labute approximate surface area is 302 Å². The van der Waals surface area contributed by atoms with Crippen LogP contribution in [-0.4, -0.2) is 39.7 Å². The molecule has 1 saturated heterocycles. The molecule has 0 radical (unpaired) electrons. The number of aromatic nitrogens is 2. The van der Waals surface area contributed by atoms with Gasteiger partial charge in [-0.05, 0) is 78.6 Å². The van der Waals surface area contributed by atoms with Crippen molar-refractivity contribution in [1.82, 2.24) is 10.2 Å². The van der Waals surface area contributed by atoms with Gasteiger partial charge in [-0.2, -0.15) is 0 Å². The highest BCUT2D eigenvalue weighted by molar-refractivity contribution is 8.00. The lowest BCUT2D eigenvalue weighted by atomic mass is 9.94. The molecule has 0 saturated carbocycles. The Morgan fingerprint density at radius 1 is 0.980 bits per heavy atom. The van der Waals surface area contributed by atoms with Crippen molar-refractivity contribution in [2.75, 3.05) is 11.5 Å². The number of anilines is 1. The third-order valence-electron chi connectivity index (χ3n) is 8.31. The Morgan fingerprint density at radius 3 is 2.56 bits per heavy atom. The Bertz CT molecular complexity index is 2090. The van der Waals surface area contributed by atoms with Crippen LogP contribution in [0.25, 0.3) is 5.76 Å². The quantitative estimate of drug-likeness (QED) is 0.0472. The standard InChI is InChI=1S/C38H32ClN3O6S2/c1-3-46-31-19-25(11-16-30(31)47-20-23-7-5-4-6-8-23)33-32(34(43)26-12-15-29-27(18-26)17-22(2)48-29)35(44)36(45)42(33)37-40-41-38(50-37)49-21-24-9-13-28(39)14-10-24/h4-16,18-19,22,33,43H,3,17,20-21H2,1-2H3/b34-32+/t22-,33-/m0/s1. The summed E-state index contributed by atoms with van der Waals surface area (Å²) in [6.07, 6.45) is 0.661. The fourth-order valence-electron chi connectivity index (χ4n) is 5.97. The topological polar surface area (TPSA) is 111 Å². The molecule has 7 rings (SSSR count). The number of ether oxygens (including phenoxy) is 3. The Morgan fingerprint density at radius 2 is 1.78 bits per heavy atom. The first-order chi connectivity index (χ1) is 24.3. The lowest BCUT2D eigenvalue weighted by molar-refractivity contribution is -0.132. The minimum absolute atomic E-state index is 0.00301. The number of amides is 1. The van der Waals surface area contributed by atoms with Gasteiger partial charge in [0, 0.05) is 22.8 Å². The smallest absolute Gasteiger partial charge is 0.301 e. The van der Waals surface area contributed by atoms with Crippen molar-refractivity contribution in [2.45, 2.75) is 49.1 Å². The molecule has 3 heterocycles. The number of aliphatic hydroxyl groups excluding tert-OH is 1. The van der Waals surface area contributed by atoms with Crippen molar-refractivity contribution in [3.63, 3.8) is 0 Å². The number of aliphatic hydroxyl groups is 1. The zero-order chi connectivity index (χ0) is 34.8. The lowest BCUT2D eigenvalue weighted by Crippen LogP contribution is -2.29. The van der Waals surface area contributed by atoms with E-state index in [0.29, 0.717) is 57.4 Å². The van der Waals surface area contributed by atoms with E-state index in [4.69, 9.17) is 25.8 Å². The Kier molecular flexibility index (Phi) is 9.80. The number of hydrogen-bond acceptors (Lipinski definition) is 10. The zero-order valence-corrected chi connectivity index (χ0v) is 29.6. The maximum Gasteiger partial charge on any atom is 0.301 e. The molecule has 0 unspecified atom stereocenters. The number of fused-ring (bicyclic) bond motifs is 1. The highest BCUT2D eigenvalue weighted by Crippen LogP contribution is 2.46. The second-order valence-corrected chi connectivity index (χ2v) is 14.4. The van der Waals surface area contributed by atoms with Crippen LogP contribution >= 0.6 is 34.7 Å². The van der Waals surface area contributed by atoms with Gasteiger partial charge in [0.1, 0.15) is 24.2 Å². The normalized spacial score (nSPS) is 17.9. The van der Waals surface area contributed by atoms with E-state index in [1.165, 1.54) is 28.0 Å². The number of nitrogens with zero attached hydrogens (tertiary/aromatic N) is 3. The van der Waals surface area contributed by atoms with Crippen LogP contribution in [0.3, 0.4) is 0 Å². The SMILES string of the molecule is CCOc1cc([C@H]2/C(=C(\O)c3ccc4c(c3)C[C@H](C)O4)C(=O)C(=O)N2c2nnc(SCc3ccc(Cl)cc3)s2)ccc1OCc1ccccc1. The molecule has 2 atom stereocenters. The van der Waals surface area contributed by atoms with Crippen LogP contribution in [0.5, 0.6) is 17.2 Å². The van der Waals surface area contributed by atoms with Gasteiger partial charge in [-0.15, -0.1) is 10.2 Å². The van der Waals surface area contributed by atoms with Gasteiger partial charge in [-0.1, -0.05) is 83.2 Å². The maximum atomic E-state index is 13.9. The maximum absolute atomic E-state index is 13.9. The molecular weight excluding hydrogens is 694 g/mol. The van der Waals surface area contributed by atoms with Crippen molar-refractivity contribution < 1.29 is 28.9 Å². The zero-order valence-electron chi connectivity index (χ0n) is 27.2. The van der Waals surface area contributed by atoms with Crippen molar-refractivity contribution >= 4 is 57.3 Å². The number of carbonyl (C=O) groups excluding carboxylic acids is 2. The van der Waals surface area contributed by atoms with Crippen LogP contribution in [0, 0.1) is 0 Å². The number of rotatable bonds is 11. The summed E-state index contributed by atoms with van der Waals surface area (Å²) in [6, 6.07) is 26.8. The molecule has 0 spiro atoms. The first-order valence-electron chi connectivity index (χ1n) is 16.0. The second-order valence-electron chi connectivity index (χ2n) is 11.8. The van der Waals surface area contributed by atoms with Crippen LogP contribution in [0.4, 0.5) is 5.13 Å². The van der Waals surface area contributed by atoms with Gasteiger partial charge in [-0.25, -0.2) is 0 Å². The second kappa shape index (κ2) is 14.6. The molecule has 1 aromatic heterocycles. The molecule has 0 bridgehead atoms. The molecule has 2 aliphatic rings. The van der Waals surface area contributed by atoms with E-state index in [-0.39, 0.29) is 22.6 Å². The van der Waals surface area contributed by atoms with Gasteiger partial charge in [0.25, 0.3) is 5.78 Å². The summed E-state index contributed by atoms with van der Waals surface area (Å²) < 4.78 is 18.6. The van der Waals surface area contributed by atoms with Crippen LogP contribution < -0.4 is 19.1 Å². The summed E-state index contributed by atoms with van der Waals surface area (Å²) in [5, 5.41) is 21.4. The predicted molar refractivity (Wildman–Crippen MR) is 194 cm³/mol. The van der Waals surface area contributed by atoms with Crippen LogP contribution in [0.2, 0.25) is 5.02 Å². The minimum Gasteiger partial charge on any atom is -0.507 e. The fraction of sp³-hybridized carbons (Fsp3) is 0.211. The van der Waals surface area contributed by atoms with Crippen molar-refractivity contribution in [1.29, 1.82) is 0 Å². The molecule has 50 heavy (non-hydrogen) atoms. The van der Waals surface area contributed by atoms with Gasteiger partial charge in [-0.3, -0.25) is 14.5 Å². The molecule has 5 aromatic rings. The fourth-order valence-corrected chi connectivity index (χ4v) is 7.92. The summed E-state index contributed by atoms with van der Waals surface area (Å²) >= 11 is 8.70. The van der Waals surface area contributed by atoms with Crippen LogP contribution in [0.1, 0.15) is 47.7 Å². The molecule has 12 heteroatoms. The molecule has 1 fully saturated rings. The van der Waals surface area contributed by atoms with Crippen molar-refractivity contribution in [3.05, 3.63) is 129 Å². The molecule has 4 aromatic carbocycles. The number of halogens is 1. The van der Waals surface area contributed by atoms with E-state index < -0.39 is 17.7 Å². The van der Waals surface area contributed by atoms with Crippen molar-refractivity contribution in [3.8, 4) is 17.2 Å². The van der Waals surface area contributed by atoms with Gasteiger partial charge < -0.3 is 19.3 Å². The summed E-state index contributed by atoms with van der Waals surface area (Å²) in [5.41, 5.74) is 3.83. The molecule has 1 N–H and O–H groups in total. The third kappa shape index (κ3) is 6.94. The summed E-state index contributed by atoms with van der Waals surface area (Å²) in [4.78, 5) is 29.1. The average Bonchev–Trinajstić information content (AvgIpc) is 3.82. The Hall–Kier alpha value is -4.84. The summed E-state index contributed by atoms with van der Waals surface area (Å²) in [6.45, 7) is 4.51.